The first-order valence-corrected chi connectivity index (χ1v) is 16.6. The number of hydrogen-bond donors (Lipinski definition) is 0. The summed E-state index contributed by atoms with van der Waals surface area (Å²) in [6, 6.07) is 41.5. The van der Waals surface area contributed by atoms with Gasteiger partial charge in [-0.15, -0.1) is 0 Å². The molecular weight excluding hydrogens is 611 g/mol. The SMILES string of the molecule is C/C=C\c1c(C)c2cc(C#N)ccc2n1C1C=CC=CC1c1cc(C#N)ccc1-c1cc(C#N)cc(-n2c3ccccc3c3ccccc32)c1. The molecule has 2 unspecified atom stereocenters. The van der Waals surface area contributed by atoms with Crippen LogP contribution in [0.25, 0.3) is 55.6 Å². The van der Waals surface area contributed by atoms with Gasteiger partial charge in [0, 0.05) is 39.0 Å². The van der Waals surface area contributed by atoms with Gasteiger partial charge in [-0.1, -0.05) is 72.8 Å². The van der Waals surface area contributed by atoms with E-state index < -0.39 is 0 Å². The van der Waals surface area contributed by atoms with Crippen LogP contribution in [0.15, 0.2) is 134 Å². The lowest BCUT2D eigenvalue weighted by Gasteiger charge is -2.30. The minimum absolute atomic E-state index is 0.126. The van der Waals surface area contributed by atoms with Gasteiger partial charge in [0.2, 0.25) is 0 Å². The average molecular weight is 642 g/mol. The predicted molar refractivity (Wildman–Crippen MR) is 202 cm³/mol. The van der Waals surface area contributed by atoms with Gasteiger partial charge in [0.15, 0.2) is 0 Å². The zero-order valence-electron chi connectivity index (χ0n) is 27.7. The molecule has 0 saturated heterocycles. The molecule has 0 saturated carbocycles. The normalized spacial score (nSPS) is 15.5. The van der Waals surface area contributed by atoms with Crippen molar-refractivity contribution in [3.8, 4) is 35.0 Å². The van der Waals surface area contributed by atoms with Crippen molar-refractivity contribution in [2.24, 2.45) is 0 Å². The highest BCUT2D eigenvalue weighted by molar-refractivity contribution is 6.09. The smallest absolute Gasteiger partial charge is 0.0992 e. The van der Waals surface area contributed by atoms with Crippen molar-refractivity contribution in [2.75, 3.05) is 0 Å². The number of aryl methyl sites for hydroxylation is 1. The standard InChI is InChI=1S/C45H31N5/c1-3-10-41-29(2)39-23-31(27-47)18-20-45(39)50(41)44-16-9-6-13-38(44)40-24-30(26-46)17-19-35(40)33-21-32(28-48)22-34(25-33)49-42-14-7-4-11-36(42)37-12-5-8-15-43(37)49/h3-25,38,44H,1-2H3/b10-3-. The fourth-order valence-electron chi connectivity index (χ4n) is 7.71. The van der Waals surface area contributed by atoms with Gasteiger partial charge < -0.3 is 9.13 Å². The summed E-state index contributed by atoms with van der Waals surface area (Å²) >= 11 is 0. The van der Waals surface area contributed by atoms with Crippen LogP contribution in [0.1, 0.15) is 52.4 Å². The zero-order chi connectivity index (χ0) is 34.4. The van der Waals surface area contributed by atoms with Gasteiger partial charge >= 0.3 is 0 Å². The molecule has 0 spiro atoms. The van der Waals surface area contributed by atoms with Crippen LogP contribution in [-0.2, 0) is 0 Å². The Kier molecular flexibility index (Phi) is 7.49. The van der Waals surface area contributed by atoms with E-state index in [-0.39, 0.29) is 12.0 Å². The van der Waals surface area contributed by atoms with Crippen molar-refractivity contribution in [2.45, 2.75) is 25.8 Å². The lowest BCUT2D eigenvalue weighted by molar-refractivity contribution is 0.558. The summed E-state index contributed by atoms with van der Waals surface area (Å²) in [5.74, 6) is -0.139. The molecule has 5 heteroatoms. The molecule has 1 aliphatic carbocycles. The maximum absolute atomic E-state index is 10.3. The van der Waals surface area contributed by atoms with E-state index >= 15 is 0 Å². The molecule has 2 atom stereocenters. The van der Waals surface area contributed by atoms with E-state index in [0.717, 1.165) is 66.3 Å². The van der Waals surface area contributed by atoms with Crippen LogP contribution in [0.3, 0.4) is 0 Å². The second-order valence-electron chi connectivity index (χ2n) is 12.7. The van der Waals surface area contributed by atoms with Crippen molar-refractivity contribution in [1.82, 2.24) is 9.13 Å². The summed E-state index contributed by atoms with van der Waals surface area (Å²) in [4.78, 5) is 0. The Hall–Kier alpha value is -6.87. The van der Waals surface area contributed by atoms with Crippen LogP contribution in [0.4, 0.5) is 0 Å². The van der Waals surface area contributed by atoms with Gasteiger partial charge in [0.1, 0.15) is 0 Å². The second-order valence-corrected chi connectivity index (χ2v) is 12.7. The maximum Gasteiger partial charge on any atom is 0.0992 e. The Morgan fingerprint density at radius 1 is 0.640 bits per heavy atom. The number of fused-ring (bicyclic) bond motifs is 4. The molecule has 8 rings (SSSR count). The molecule has 0 aliphatic heterocycles. The third kappa shape index (κ3) is 4.83. The number of aromatic nitrogens is 2. The molecule has 5 aromatic carbocycles. The summed E-state index contributed by atoms with van der Waals surface area (Å²) in [7, 11) is 0. The first-order valence-electron chi connectivity index (χ1n) is 16.6. The Morgan fingerprint density at radius 2 is 1.30 bits per heavy atom. The molecule has 5 nitrogen and oxygen atoms in total. The third-order valence-electron chi connectivity index (χ3n) is 9.90. The highest BCUT2D eigenvalue weighted by atomic mass is 15.0. The minimum Gasteiger partial charge on any atom is -0.333 e. The van der Waals surface area contributed by atoms with E-state index in [1.54, 1.807) is 0 Å². The molecule has 0 fully saturated rings. The molecule has 2 aromatic heterocycles. The van der Waals surface area contributed by atoms with E-state index in [2.05, 4.69) is 107 Å². The van der Waals surface area contributed by atoms with Gasteiger partial charge in [-0.05, 0) is 103 Å². The zero-order valence-corrected chi connectivity index (χ0v) is 27.7. The number of rotatable bonds is 5. The summed E-state index contributed by atoms with van der Waals surface area (Å²) in [5.41, 5.74) is 10.9. The Balaban J connectivity index is 1.36. The predicted octanol–water partition coefficient (Wildman–Crippen LogP) is 10.8. The molecule has 7 aromatic rings. The molecule has 2 heterocycles. The van der Waals surface area contributed by atoms with Crippen molar-refractivity contribution in [3.63, 3.8) is 0 Å². The number of allylic oxidation sites excluding steroid dienone is 5. The van der Waals surface area contributed by atoms with Gasteiger partial charge in [-0.25, -0.2) is 0 Å². The van der Waals surface area contributed by atoms with E-state index in [9.17, 15) is 15.8 Å². The van der Waals surface area contributed by atoms with Crippen LogP contribution >= 0.6 is 0 Å². The number of para-hydroxylation sites is 2. The molecule has 0 amide bonds. The van der Waals surface area contributed by atoms with Gasteiger partial charge in [-0.2, -0.15) is 15.8 Å². The fourth-order valence-corrected chi connectivity index (χ4v) is 7.71. The van der Waals surface area contributed by atoms with Crippen molar-refractivity contribution in [1.29, 1.82) is 15.8 Å². The van der Waals surface area contributed by atoms with Crippen molar-refractivity contribution in [3.05, 3.63) is 167 Å². The summed E-state index contributed by atoms with van der Waals surface area (Å²) < 4.78 is 4.59. The first kappa shape index (κ1) is 30.5. The van der Waals surface area contributed by atoms with Gasteiger partial charge in [-0.3, -0.25) is 0 Å². The summed E-state index contributed by atoms with van der Waals surface area (Å²) in [6.07, 6.45) is 12.7. The third-order valence-corrected chi connectivity index (χ3v) is 9.90. The van der Waals surface area contributed by atoms with Crippen LogP contribution in [0, 0.1) is 40.9 Å². The van der Waals surface area contributed by atoms with E-state index in [1.165, 1.54) is 0 Å². The highest BCUT2D eigenvalue weighted by Crippen LogP contribution is 2.44. The van der Waals surface area contributed by atoms with Crippen LogP contribution < -0.4 is 0 Å². The Labute approximate surface area is 290 Å². The second kappa shape index (κ2) is 12.3. The minimum atomic E-state index is -0.139. The monoisotopic (exact) mass is 641 g/mol. The largest absolute Gasteiger partial charge is 0.333 e. The van der Waals surface area contributed by atoms with Crippen LogP contribution in [0.5, 0.6) is 0 Å². The van der Waals surface area contributed by atoms with Crippen LogP contribution in [-0.4, -0.2) is 9.13 Å². The van der Waals surface area contributed by atoms with E-state index in [0.29, 0.717) is 16.7 Å². The molecule has 0 N–H and O–H groups in total. The molecule has 0 bridgehead atoms. The maximum atomic E-state index is 10.3. The average Bonchev–Trinajstić information content (AvgIpc) is 3.65. The first-order chi connectivity index (χ1) is 24.5. The van der Waals surface area contributed by atoms with Crippen molar-refractivity contribution < 1.29 is 0 Å². The number of nitriles is 3. The Morgan fingerprint density at radius 3 is 2.00 bits per heavy atom. The van der Waals surface area contributed by atoms with Gasteiger partial charge in [0.25, 0.3) is 0 Å². The quantitative estimate of drug-likeness (QED) is 0.187. The lowest BCUT2D eigenvalue weighted by atomic mass is 9.82. The van der Waals surface area contributed by atoms with E-state index in [1.807, 2.05) is 73.7 Å². The van der Waals surface area contributed by atoms with Crippen molar-refractivity contribution >= 4 is 38.8 Å². The highest BCUT2D eigenvalue weighted by Gasteiger charge is 2.29. The molecule has 50 heavy (non-hydrogen) atoms. The summed E-state index contributed by atoms with van der Waals surface area (Å²) in [5, 5.41) is 33.4. The van der Waals surface area contributed by atoms with Gasteiger partial charge in [0.05, 0.1) is 52.0 Å². The molecular formula is C45H31N5. The number of hydrogen-bond acceptors (Lipinski definition) is 3. The fraction of sp³-hybridized carbons (Fsp3) is 0.0889. The lowest BCUT2D eigenvalue weighted by Crippen LogP contribution is -2.18. The molecule has 1 aliphatic rings. The van der Waals surface area contributed by atoms with Crippen LogP contribution in [0.2, 0.25) is 0 Å². The molecule has 0 radical (unpaired) electrons. The summed E-state index contributed by atoms with van der Waals surface area (Å²) in [6.45, 7) is 4.12. The van der Waals surface area contributed by atoms with E-state index in [4.69, 9.17) is 0 Å². The Bertz CT molecular complexity index is 2670. The molecule has 236 valence electrons. The topological polar surface area (TPSA) is 81.2 Å². The number of nitrogens with zero attached hydrogens (tertiary/aromatic N) is 5. The number of benzene rings is 5.